The Morgan fingerprint density at radius 2 is 2.00 bits per heavy atom. The first kappa shape index (κ1) is 13.3. The molecule has 0 bridgehead atoms. The first-order valence-electron chi connectivity index (χ1n) is 5.56. The largest absolute Gasteiger partial charge is 0.416 e. The number of fused-ring (bicyclic) bond motifs is 1. The lowest BCUT2D eigenvalue weighted by Crippen LogP contribution is -2.03. The van der Waals surface area contributed by atoms with Crippen molar-refractivity contribution in [3.63, 3.8) is 0 Å². The van der Waals surface area contributed by atoms with Gasteiger partial charge in [-0.3, -0.25) is 0 Å². The van der Waals surface area contributed by atoms with Crippen molar-refractivity contribution in [1.82, 2.24) is 9.36 Å². The van der Waals surface area contributed by atoms with Crippen LogP contribution in [0.1, 0.15) is 11.3 Å². The Morgan fingerprint density at radius 3 is 2.60 bits per heavy atom. The van der Waals surface area contributed by atoms with Gasteiger partial charge in [0, 0.05) is 0 Å². The fourth-order valence-corrected chi connectivity index (χ4v) is 3.64. The first-order chi connectivity index (χ1) is 9.36. The second-order valence-electron chi connectivity index (χ2n) is 4.21. The summed E-state index contributed by atoms with van der Waals surface area (Å²) in [5, 5.41) is 1.13. The van der Waals surface area contributed by atoms with Gasteiger partial charge in [-0.15, -0.1) is 11.3 Å². The van der Waals surface area contributed by atoms with E-state index in [0.29, 0.717) is 25.8 Å². The van der Waals surface area contributed by atoms with E-state index >= 15 is 0 Å². The van der Waals surface area contributed by atoms with Crippen molar-refractivity contribution >= 4 is 38.1 Å². The second kappa shape index (κ2) is 4.42. The maximum absolute atomic E-state index is 12.7. The zero-order valence-electron chi connectivity index (χ0n) is 10.2. The molecule has 0 atom stereocenters. The smallest absolute Gasteiger partial charge is 0.389 e. The van der Waals surface area contributed by atoms with E-state index in [1.807, 2.05) is 0 Å². The Labute approximate surface area is 120 Å². The average Bonchev–Trinajstić information content (AvgIpc) is 2.90. The number of benzene rings is 1. The predicted octanol–water partition coefficient (Wildman–Crippen LogP) is 4.33. The van der Waals surface area contributed by atoms with Crippen LogP contribution in [0, 0.1) is 6.92 Å². The highest BCUT2D eigenvalue weighted by Gasteiger charge is 2.31. The Morgan fingerprint density at radius 1 is 1.25 bits per heavy atom. The zero-order chi connectivity index (χ0) is 14.5. The molecule has 2 aromatic heterocycles. The van der Waals surface area contributed by atoms with E-state index in [2.05, 4.69) is 9.36 Å². The monoisotopic (exact) mass is 315 g/mol. The highest BCUT2D eigenvalue weighted by atomic mass is 32.1. The standard InChI is InChI=1S/C12H8F3N3S2/c1-5-9(10(16)20-18-5)11-17-7-4-6(12(13,14)15)2-3-8(7)19-11/h2-4H,16H2,1H3. The van der Waals surface area contributed by atoms with Gasteiger partial charge in [0.15, 0.2) is 0 Å². The lowest BCUT2D eigenvalue weighted by Gasteiger charge is -2.04. The molecule has 3 aromatic rings. The molecule has 0 unspecified atom stereocenters. The van der Waals surface area contributed by atoms with Gasteiger partial charge in [-0.2, -0.15) is 17.5 Å². The molecule has 0 aliphatic carbocycles. The molecule has 2 N–H and O–H groups in total. The number of halogens is 3. The van der Waals surface area contributed by atoms with Crippen molar-refractivity contribution in [3.05, 3.63) is 29.5 Å². The molecule has 8 heteroatoms. The van der Waals surface area contributed by atoms with Gasteiger partial charge < -0.3 is 5.73 Å². The molecule has 0 aliphatic rings. The maximum Gasteiger partial charge on any atom is 0.416 e. The zero-order valence-corrected chi connectivity index (χ0v) is 11.8. The minimum Gasteiger partial charge on any atom is -0.389 e. The molecule has 2 heterocycles. The van der Waals surface area contributed by atoms with E-state index < -0.39 is 11.7 Å². The van der Waals surface area contributed by atoms with Gasteiger partial charge in [-0.25, -0.2) is 4.98 Å². The van der Waals surface area contributed by atoms with Crippen LogP contribution in [0.25, 0.3) is 20.8 Å². The number of aromatic nitrogens is 2. The normalized spacial score (nSPS) is 12.2. The summed E-state index contributed by atoms with van der Waals surface area (Å²) in [5.74, 6) is 0. The molecule has 0 aliphatic heterocycles. The quantitative estimate of drug-likeness (QED) is 0.727. The molecule has 0 fully saturated rings. The molecule has 0 saturated heterocycles. The number of alkyl halides is 3. The lowest BCUT2D eigenvalue weighted by molar-refractivity contribution is -0.137. The predicted molar refractivity (Wildman–Crippen MR) is 74.9 cm³/mol. The summed E-state index contributed by atoms with van der Waals surface area (Å²) >= 11 is 2.47. The van der Waals surface area contributed by atoms with Gasteiger partial charge in [0.05, 0.1) is 27.0 Å². The third-order valence-electron chi connectivity index (χ3n) is 2.82. The van der Waals surface area contributed by atoms with Crippen LogP contribution in [0.4, 0.5) is 18.2 Å². The highest BCUT2D eigenvalue weighted by Crippen LogP contribution is 2.39. The Bertz CT molecular complexity index is 769. The van der Waals surface area contributed by atoms with Crippen LogP contribution < -0.4 is 5.73 Å². The topological polar surface area (TPSA) is 51.8 Å². The highest BCUT2D eigenvalue weighted by molar-refractivity contribution is 7.22. The van der Waals surface area contributed by atoms with Gasteiger partial charge in [0.2, 0.25) is 0 Å². The van der Waals surface area contributed by atoms with Crippen LogP contribution in [0.2, 0.25) is 0 Å². The van der Waals surface area contributed by atoms with Gasteiger partial charge in [0.25, 0.3) is 0 Å². The number of nitrogens with zero attached hydrogens (tertiary/aromatic N) is 2. The third-order valence-corrected chi connectivity index (χ3v) is 4.64. The number of nitrogen functional groups attached to an aromatic ring is 1. The number of hydrogen-bond acceptors (Lipinski definition) is 5. The molecule has 104 valence electrons. The number of rotatable bonds is 1. The fraction of sp³-hybridized carbons (Fsp3) is 0.167. The molecule has 0 radical (unpaired) electrons. The summed E-state index contributed by atoms with van der Waals surface area (Å²) in [7, 11) is 0. The van der Waals surface area contributed by atoms with Crippen molar-refractivity contribution in [2.24, 2.45) is 0 Å². The van der Waals surface area contributed by atoms with Crippen molar-refractivity contribution in [2.75, 3.05) is 5.73 Å². The van der Waals surface area contributed by atoms with Crippen molar-refractivity contribution in [2.45, 2.75) is 13.1 Å². The molecule has 3 nitrogen and oxygen atoms in total. The number of aryl methyl sites for hydroxylation is 1. The number of thiazole rings is 1. The number of anilines is 1. The van der Waals surface area contributed by atoms with Gasteiger partial charge >= 0.3 is 6.18 Å². The minimum atomic E-state index is -4.36. The van der Waals surface area contributed by atoms with Gasteiger partial charge in [-0.1, -0.05) is 0 Å². The van der Waals surface area contributed by atoms with E-state index in [0.717, 1.165) is 29.4 Å². The van der Waals surface area contributed by atoms with Crippen LogP contribution in [-0.4, -0.2) is 9.36 Å². The molecule has 3 rings (SSSR count). The number of nitrogens with two attached hydrogens (primary N) is 1. The third kappa shape index (κ3) is 2.14. The van der Waals surface area contributed by atoms with E-state index in [4.69, 9.17) is 5.73 Å². The fourth-order valence-electron chi connectivity index (χ4n) is 1.86. The van der Waals surface area contributed by atoms with E-state index in [-0.39, 0.29) is 0 Å². The SMILES string of the molecule is Cc1nsc(N)c1-c1nc2cc(C(F)(F)F)ccc2s1. The van der Waals surface area contributed by atoms with Crippen LogP contribution >= 0.6 is 22.9 Å². The lowest BCUT2D eigenvalue weighted by atomic mass is 10.2. The molecule has 0 spiro atoms. The molecule has 0 saturated carbocycles. The molecular weight excluding hydrogens is 307 g/mol. The minimum absolute atomic E-state index is 0.324. The van der Waals surface area contributed by atoms with Gasteiger partial charge in [-0.05, 0) is 36.7 Å². The Kier molecular flexibility index (Phi) is 2.94. The van der Waals surface area contributed by atoms with E-state index in [9.17, 15) is 13.2 Å². The summed E-state index contributed by atoms with van der Waals surface area (Å²) in [6.45, 7) is 1.80. The van der Waals surface area contributed by atoms with Gasteiger partial charge in [0.1, 0.15) is 10.0 Å². The van der Waals surface area contributed by atoms with E-state index in [1.54, 1.807) is 6.92 Å². The first-order valence-corrected chi connectivity index (χ1v) is 7.15. The van der Waals surface area contributed by atoms with Crippen molar-refractivity contribution in [3.8, 4) is 10.6 Å². The Hall–Kier alpha value is -1.67. The summed E-state index contributed by atoms with van der Waals surface area (Å²) < 4.78 is 42.8. The molecule has 20 heavy (non-hydrogen) atoms. The van der Waals surface area contributed by atoms with Crippen LogP contribution in [0.3, 0.4) is 0 Å². The summed E-state index contributed by atoms with van der Waals surface area (Å²) in [5.41, 5.74) is 6.91. The summed E-state index contributed by atoms with van der Waals surface area (Å²) in [6.07, 6.45) is -4.36. The van der Waals surface area contributed by atoms with Crippen LogP contribution in [-0.2, 0) is 6.18 Å². The summed E-state index contributed by atoms with van der Waals surface area (Å²) in [6, 6.07) is 3.55. The molecule has 0 amide bonds. The maximum atomic E-state index is 12.7. The number of hydrogen-bond donors (Lipinski definition) is 1. The van der Waals surface area contributed by atoms with Crippen LogP contribution in [0.15, 0.2) is 18.2 Å². The Balaban J connectivity index is 2.17. The van der Waals surface area contributed by atoms with E-state index in [1.165, 1.54) is 17.4 Å². The summed E-state index contributed by atoms with van der Waals surface area (Å²) in [4.78, 5) is 4.26. The van der Waals surface area contributed by atoms with Crippen molar-refractivity contribution < 1.29 is 13.2 Å². The average molecular weight is 315 g/mol. The van der Waals surface area contributed by atoms with Crippen molar-refractivity contribution in [1.29, 1.82) is 0 Å². The molecular formula is C12H8F3N3S2. The van der Waals surface area contributed by atoms with Crippen LogP contribution in [0.5, 0.6) is 0 Å². The molecule has 1 aromatic carbocycles. The second-order valence-corrected chi connectivity index (χ2v) is 6.04.